The molecule has 0 spiro atoms. The molecule has 0 saturated carbocycles. The standard InChI is InChI=1S/C12H14N2O3/c1-8-4-6-10(7-5-8)13-14-11(9(2)15)12(16)17-3/h4-7,11H,1-3H3. The number of nitrogens with zero attached hydrogens (tertiary/aromatic N) is 2. The normalized spacial score (nSPS) is 12.4. The van der Waals surface area contributed by atoms with Crippen molar-refractivity contribution < 1.29 is 14.3 Å². The van der Waals surface area contributed by atoms with Gasteiger partial charge in [0.15, 0.2) is 5.78 Å². The molecule has 1 unspecified atom stereocenters. The van der Waals surface area contributed by atoms with Crippen LogP contribution in [-0.4, -0.2) is 24.9 Å². The third-order valence-electron chi connectivity index (χ3n) is 2.13. The van der Waals surface area contributed by atoms with Gasteiger partial charge in [0.1, 0.15) is 0 Å². The summed E-state index contributed by atoms with van der Waals surface area (Å²) < 4.78 is 4.47. The van der Waals surface area contributed by atoms with Crippen LogP contribution < -0.4 is 0 Å². The lowest BCUT2D eigenvalue weighted by atomic mass is 10.2. The molecule has 1 aromatic rings. The van der Waals surface area contributed by atoms with E-state index >= 15 is 0 Å². The van der Waals surface area contributed by atoms with E-state index in [-0.39, 0.29) is 0 Å². The van der Waals surface area contributed by atoms with Gasteiger partial charge in [-0.2, -0.15) is 10.2 Å². The number of methoxy groups -OCH3 is 1. The number of ketones is 1. The molecule has 0 aromatic heterocycles. The Hall–Kier alpha value is -2.04. The van der Waals surface area contributed by atoms with E-state index in [1.165, 1.54) is 14.0 Å². The fourth-order valence-electron chi connectivity index (χ4n) is 1.14. The summed E-state index contributed by atoms with van der Waals surface area (Å²) in [4.78, 5) is 22.4. The lowest BCUT2D eigenvalue weighted by molar-refractivity contribution is -0.144. The second kappa shape index (κ2) is 5.89. The second-order valence-corrected chi connectivity index (χ2v) is 3.59. The summed E-state index contributed by atoms with van der Waals surface area (Å²) in [5.41, 5.74) is 1.69. The van der Waals surface area contributed by atoms with E-state index < -0.39 is 17.8 Å². The quantitative estimate of drug-likeness (QED) is 0.455. The van der Waals surface area contributed by atoms with Crippen LogP contribution in [0.5, 0.6) is 0 Å². The molecule has 0 aliphatic rings. The predicted molar refractivity (Wildman–Crippen MR) is 62.2 cm³/mol. The number of carbonyl (C=O) groups excluding carboxylic acids is 2. The molecule has 0 N–H and O–H groups in total. The van der Waals surface area contributed by atoms with Crippen molar-refractivity contribution in [3.8, 4) is 0 Å². The molecule has 0 aliphatic heterocycles. The van der Waals surface area contributed by atoms with E-state index in [1.54, 1.807) is 12.1 Å². The molecular weight excluding hydrogens is 220 g/mol. The Bertz CT molecular complexity index is 438. The molecule has 90 valence electrons. The lowest BCUT2D eigenvalue weighted by Crippen LogP contribution is -2.26. The number of hydrogen-bond donors (Lipinski definition) is 0. The van der Waals surface area contributed by atoms with Crippen molar-refractivity contribution in [3.05, 3.63) is 29.8 Å². The van der Waals surface area contributed by atoms with Gasteiger partial charge in [-0.15, -0.1) is 0 Å². The van der Waals surface area contributed by atoms with Gasteiger partial charge in [0, 0.05) is 0 Å². The Balaban J connectivity index is 2.83. The Kier molecular flexibility index (Phi) is 4.51. The number of hydrogen-bond acceptors (Lipinski definition) is 5. The van der Waals surface area contributed by atoms with Crippen LogP contribution >= 0.6 is 0 Å². The van der Waals surface area contributed by atoms with Crippen molar-refractivity contribution in [2.24, 2.45) is 10.2 Å². The number of ether oxygens (including phenoxy) is 1. The summed E-state index contributed by atoms with van der Waals surface area (Å²) in [6, 6.07) is 6.08. The molecule has 17 heavy (non-hydrogen) atoms. The molecule has 0 amide bonds. The number of carbonyl (C=O) groups is 2. The molecular formula is C12H14N2O3. The highest BCUT2D eigenvalue weighted by molar-refractivity contribution is 6.01. The van der Waals surface area contributed by atoms with Gasteiger partial charge in [-0.1, -0.05) is 17.7 Å². The maximum atomic E-state index is 11.2. The third-order valence-corrected chi connectivity index (χ3v) is 2.13. The van der Waals surface area contributed by atoms with E-state index in [0.29, 0.717) is 5.69 Å². The molecule has 0 aliphatic carbocycles. The Morgan fingerprint density at radius 3 is 2.29 bits per heavy atom. The number of Topliss-reactive ketones (excluding diaryl/α,β-unsaturated/α-hetero) is 1. The SMILES string of the molecule is COC(=O)C(N=Nc1ccc(C)cc1)C(C)=O. The maximum Gasteiger partial charge on any atom is 0.340 e. The maximum absolute atomic E-state index is 11.2. The van der Waals surface area contributed by atoms with Crippen LogP contribution in [0.4, 0.5) is 5.69 Å². The minimum Gasteiger partial charge on any atom is -0.467 e. The monoisotopic (exact) mass is 234 g/mol. The number of aryl methyl sites for hydroxylation is 1. The first-order chi connectivity index (χ1) is 8.04. The van der Waals surface area contributed by atoms with Gasteiger partial charge in [-0.05, 0) is 26.0 Å². The highest BCUT2D eigenvalue weighted by Gasteiger charge is 2.23. The van der Waals surface area contributed by atoms with E-state index in [2.05, 4.69) is 15.0 Å². The van der Waals surface area contributed by atoms with Crippen molar-refractivity contribution >= 4 is 17.4 Å². The van der Waals surface area contributed by atoms with Gasteiger partial charge < -0.3 is 4.74 Å². The summed E-state index contributed by atoms with van der Waals surface area (Å²) in [6.45, 7) is 3.23. The minimum absolute atomic E-state index is 0.396. The van der Waals surface area contributed by atoms with Crippen molar-refractivity contribution in [1.82, 2.24) is 0 Å². The van der Waals surface area contributed by atoms with Gasteiger partial charge in [0.05, 0.1) is 12.8 Å². The average molecular weight is 234 g/mol. The highest BCUT2D eigenvalue weighted by Crippen LogP contribution is 2.14. The third kappa shape index (κ3) is 3.79. The van der Waals surface area contributed by atoms with E-state index in [0.717, 1.165) is 5.56 Å². The summed E-state index contributed by atoms with van der Waals surface area (Å²) in [5, 5.41) is 7.54. The van der Waals surface area contributed by atoms with Gasteiger partial charge in [-0.25, -0.2) is 4.79 Å². The minimum atomic E-state index is -1.18. The predicted octanol–water partition coefficient (Wildman–Crippen LogP) is 2.21. The first-order valence-corrected chi connectivity index (χ1v) is 5.10. The smallest absolute Gasteiger partial charge is 0.340 e. The van der Waals surface area contributed by atoms with Gasteiger partial charge in [-0.3, -0.25) is 4.79 Å². The van der Waals surface area contributed by atoms with Crippen LogP contribution in [0.25, 0.3) is 0 Å². The zero-order chi connectivity index (χ0) is 12.8. The Morgan fingerprint density at radius 1 is 1.24 bits per heavy atom. The van der Waals surface area contributed by atoms with Crippen LogP contribution in [0, 0.1) is 6.92 Å². The summed E-state index contributed by atoms with van der Waals surface area (Å²) in [6.07, 6.45) is 0. The number of azo groups is 1. The average Bonchev–Trinajstić information content (AvgIpc) is 2.31. The van der Waals surface area contributed by atoms with Crippen LogP contribution in [0.2, 0.25) is 0 Å². The van der Waals surface area contributed by atoms with Crippen LogP contribution in [-0.2, 0) is 14.3 Å². The summed E-state index contributed by atoms with van der Waals surface area (Å²) in [5.74, 6) is -1.10. The molecule has 1 aromatic carbocycles. The lowest BCUT2D eigenvalue weighted by Gasteiger charge is -2.04. The Labute approximate surface area is 99.5 Å². The first kappa shape index (κ1) is 13.0. The molecule has 0 saturated heterocycles. The molecule has 0 heterocycles. The van der Waals surface area contributed by atoms with Crippen molar-refractivity contribution in [3.63, 3.8) is 0 Å². The largest absolute Gasteiger partial charge is 0.467 e. The Morgan fingerprint density at radius 2 is 1.82 bits per heavy atom. The van der Waals surface area contributed by atoms with E-state index in [1.807, 2.05) is 19.1 Å². The zero-order valence-corrected chi connectivity index (χ0v) is 10.0. The molecule has 0 radical (unpaired) electrons. The first-order valence-electron chi connectivity index (χ1n) is 5.10. The van der Waals surface area contributed by atoms with Gasteiger partial charge >= 0.3 is 5.97 Å². The topological polar surface area (TPSA) is 68.1 Å². The fourth-order valence-corrected chi connectivity index (χ4v) is 1.14. The zero-order valence-electron chi connectivity index (χ0n) is 10.0. The molecule has 1 rings (SSSR count). The van der Waals surface area contributed by atoms with Crippen LogP contribution in [0.1, 0.15) is 12.5 Å². The molecule has 5 heteroatoms. The van der Waals surface area contributed by atoms with Gasteiger partial charge in [0.25, 0.3) is 0 Å². The number of rotatable bonds is 4. The van der Waals surface area contributed by atoms with Crippen molar-refractivity contribution in [2.75, 3.05) is 7.11 Å². The molecule has 5 nitrogen and oxygen atoms in total. The summed E-state index contributed by atoms with van der Waals surface area (Å²) >= 11 is 0. The number of benzene rings is 1. The van der Waals surface area contributed by atoms with Crippen molar-refractivity contribution in [2.45, 2.75) is 19.9 Å². The molecule has 1 atom stereocenters. The second-order valence-electron chi connectivity index (χ2n) is 3.59. The molecule has 0 bridgehead atoms. The molecule has 0 fully saturated rings. The van der Waals surface area contributed by atoms with E-state index in [4.69, 9.17) is 0 Å². The van der Waals surface area contributed by atoms with Crippen LogP contribution in [0.3, 0.4) is 0 Å². The van der Waals surface area contributed by atoms with Crippen molar-refractivity contribution in [1.29, 1.82) is 0 Å². The highest BCUT2D eigenvalue weighted by atomic mass is 16.5. The van der Waals surface area contributed by atoms with Gasteiger partial charge in [0.2, 0.25) is 6.04 Å². The summed E-state index contributed by atoms with van der Waals surface area (Å²) in [7, 11) is 1.21. The van der Waals surface area contributed by atoms with Crippen LogP contribution in [0.15, 0.2) is 34.5 Å². The van der Waals surface area contributed by atoms with E-state index in [9.17, 15) is 9.59 Å². The fraction of sp³-hybridized carbons (Fsp3) is 0.333. The number of esters is 1.